The molecule has 0 spiro atoms. The van der Waals surface area contributed by atoms with E-state index in [9.17, 15) is 14.4 Å². The van der Waals surface area contributed by atoms with E-state index in [1.807, 2.05) is 0 Å². The zero-order chi connectivity index (χ0) is 18.1. The van der Waals surface area contributed by atoms with Crippen LogP contribution in [-0.4, -0.2) is 43.1 Å². The summed E-state index contributed by atoms with van der Waals surface area (Å²) < 4.78 is 5.66. The first-order valence-corrected chi connectivity index (χ1v) is 7.82. The molecule has 134 valence electrons. The van der Waals surface area contributed by atoms with E-state index in [0.717, 1.165) is 19.6 Å². The number of rotatable bonds is 8. The van der Waals surface area contributed by atoms with Gasteiger partial charge in [0.25, 0.3) is 11.8 Å². The molecule has 0 aliphatic carbocycles. The molecule has 1 saturated heterocycles. The Kier molecular flexibility index (Phi) is 9.01. The minimum absolute atomic E-state index is 0.0567. The molecule has 1 heterocycles. The highest BCUT2D eigenvalue weighted by atomic mass is 16.7. The Balaban J connectivity index is 0.000000433. The van der Waals surface area contributed by atoms with E-state index >= 15 is 0 Å². The Labute approximate surface area is 138 Å². The molecule has 1 rings (SSSR count). The lowest BCUT2D eigenvalue weighted by molar-refractivity contribution is -0.188. The average Bonchev–Trinajstić information content (AvgIpc) is 2.80. The van der Waals surface area contributed by atoms with Crippen LogP contribution in [0.3, 0.4) is 0 Å². The van der Waals surface area contributed by atoms with Gasteiger partial charge >= 0.3 is 6.47 Å². The SMILES string of the molecule is CCC(C)(C)COCC(C)(C)CN.O=CON1C(=O)CCC1=O. The molecule has 7 nitrogen and oxygen atoms in total. The fourth-order valence-corrected chi connectivity index (χ4v) is 1.48. The molecule has 0 aromatic heterocycles. The van der Waals surface area contributed by atoms with Crippen LogP contribution in [-0.2, 0) is 24.0 Å². The monoisotopic (exact) mass is 330 g/mol. The number of hydroxylamine groups is 2. The minimum Gasteiger partial charge on any atom is -0.380 e. The highest BCUT2D eigenvalue weighted by Crippen LogP contribution is 2.21. The van der Waals surface area contributed by atoms with Gasteiger partial charge in [-0.15, -0.1) is 5.06 Å². The molecule has 0 radical (unpaired) electrons. The third kappa shape index (κ3) is 8.66. The van der Waals surface area contributed by atoms with Gasteiger partial charge in [-0.1, -0.05) is 34.6 Å². The van der Waals surface area contributed by atoms with Crippen molar-refractivity contribution in [3.05, 3.63) is 0 Å². The van der Waals surface area contributed by atoms with Crippen LogP contribution in [0.25, 0.3) is 0 Å². The van der Waals surface area contributed by atoms with Crippen molar-refractivity contribution in [2.75, 3.05) is 19.8 Å². The molecule has 2 amide bonds. The van der Waals surface area contributed by atoms with Gasteiger partial charge < -0.3 is 15.3 Å². The highest BCUT2D eigenvalue weighted by Gasteiger charge is 2.30. The van der Waals surface area contributed by atoms with Gasteiger partial charge in [-0.05, 0) is 18.4 Å². The van der Waals surface area contributed by atoms with Crippen molar-refractivity contribution in [1.29, 1.82) is 0 Å². The smallest absolute Gasteiger partial charge is 0.321 e. The van der Waals surface area contributed by atoms with Crippen molar-refractivity contribution < 1.29 is 24.0 Å². The number of amides is 2. The summed E-state index contributed by atoms with van der Waals surface area (Å²) in [7, 11) is 0. The first kappa shape index (κ1) is 21.5. The second-order valence-corrected chi connectivity index (χ2v) is 7.16. The van der Waals surface area contributed by atoms with Crippen LogP contribution >= 0.6 is 0 Å². The Morgan fingerprint density at radius 3 is 1.96 bits per heavy atom. The number of nitrogens with two attached hydrogens (primary N) is 1. The fourth-order valence-electron chi connectivity index (χ4n) is 1.48. The summed E-state index contributed by atoms with van der Waals surface area (Å²) in [4.78, 5) is 35.0. The highest BCUT2D eigenvalue weighted by molar-refractivity contribution is 6.01. The molecule has 1 fully saturated rings. The van der Waals surface area contributed by atoms with Crippen LogP contribution in [0.1, 0.15) is 53.9 Å². The van der Waals surface area contributed by atoms with Gasteiger partial charge in [0.15, 0.2) is 0 Å². The molecule has 0 unspecified atom stereocenters. The number of nitrogens with zero attached hydrogens (tertiary/aromatic N) is 1. The Morgan fingerprint density at radius 1 is 1.09 bits per heavy atom. The van der Waals surface area contributed by atoms with Crippen LogP contribution < -0.4 is 5.73 Å². The molecule has 0 aromatic carbocycles. The zero-order valence-electron chi connectivity index (χ0n) is 14.9. The van der Waals surface area contributed by atoms with Gasteiger partial charge in [0.05, 0.1) is 13.2 Å². The molecule has 1 aliphatic rings. The molecular formula is C16H30N2O5. The van der Waals surface area contributed by atoms with Crippen LogP contribution in [0, 0.1) is 10.8 Å². The van der Waals surface area contributed by atoms with Crippen molar-refractivity contribution in [2.45, 2.75) is 53.9 Å². The molecule has 1 aliphatic heterocycles. The number of hydrogen-bond donors (Lipinski definition) is 1. The second-order valence-electron chi connectivity index (χ2n) is 7.16. The van der Waals surface area contributed by atoms with Crippen molar-refractivity contribution in [2.24, 2.45) is 16.6 Å². The second kappa shape index (κ2) is 9.62. The van der Waals surface area contributed by atoms with E-state index in [1.54, 1.807) is 0 Å². The summed E-state index contributed by atoms with van der Waals surface area (Å²) >= 11 is 0. The number of carbonyl (C=O) groups is 3. The van der Waals surface area contributed by atoms with E-state index in [4.69, 9.17) is 10.5 Å². The Morgan fingerprint density at radius 2 is 1.57 bits per heavy atom. The van der Waals surface area contributed by atoms with Crippen molar-refractivity contribution in [3.63, 3.8) is 0 Å². The largest absolute Gasteiger partial charge is 0.380 e. The van der Waals surface area contributed by atoms with Crippen LogP contribution in [0.4, 0.5) is 0 Å². The van der Waals surface area contributed by atoms with Crippen molar-refractivity contribution >= 4 is 18.3 Å². The van der Waals surface area contributed by atoms with E-state index in [1.165, 1.54) is 0 Å². The van der Waals surface area contributed by atoms with Gasteiger partial charge in [-0.3, -0.25) is 14.4 Å². The normalized spacial score (nSPS) is 15.3. The maximum Gasteiger partial charge on any atom is 0.321 e. The Hall–Kier alpha value is -1.47. The topological polar surface area (TPSA) is 98.9 Å². The minimum atomic E-state index is -0.461. The van der Waals surface area contributed by atoms with E-state index < -0.39 is 11.8 Å². The van der Waals surface area contributed by atoms with Gasteiger partial charge in [-0.2, -0.15) is 0 Å². The van der Waals surface area contributed by atoms with Gasteiger partial charge in [0.2, 0.25) is 0 Å². The summed E-state index contributed by atoms with van der Waals surface area (Å²) in [6, 6.07) is 0. The maximum absolute atomic E-state index is 10.6. The lowest BCUT2D eigenvalue weighted by Crippen LogP contribution is -2.31. The first-order chi connectivity index (χ1) is 10.6. The fraction of sp³-hybridized carbons (Fsp3) is 0.812. The molecule has 23 heavy (non-hydrogen) atoms. The molecule has 7 heteroatoms. The molecule has 0 atom stereocenters. The quantitative estimate of drug-likeness (QED) is 0.536. The molecule has 0 bridgehead atoms. The van der Waals surface area contributed by atoms with Crippen LogP contribution in [0.2, 0.25) is 0 Å². The number of hydrogen-bond acceptors (Lipinski definition) is 6. The van der Waals surface area contributed by atoms with Crippen LogP contribution in [0.15, 0.2) is 0 Å². The van der Waals surface area contributed by atoms with Gasteiger partial charge in [-0.25, -0.2) is 0 Å². The van der Waals surface area contributed by atoms with Crippen molar-refractivity contribution in [1.82, 2.24) is 5.06 Å². The van der Waals surface area contributed by atoms with E-state index in [-0.39, 0.29) is 24.7 Å². The first-order valence-electron chi connectivity index (χ1n) is 7.82. The summed E-state index contributed by atoms with van der Waals surface area (Å²) in [5.74, 6) is -0.922. The summed E-state index contributed by atoms with van der Waals surface area (Å²) in [6.07, 6.45) is 1.41. The third-order valence-corrected chi connectivity index (χ3v) is 3.65. The standard InChI is InChI=1S/C11H25NO.C5H5NO4/c1-6-10(2,3)8-13-9-11(4,5)7-12;7-3-10-6-4(8)1-2-5(6)9/h6-9,12H2,1-5H3;3H,1-2H2. The summed E-state index contributed by atoms with van der Waals surface area (Å²) in [5, 5.41) is 0.479. The molecular weight excluding hydrogens is 300 g/mol. The Bertz CT molecular complexity index is 375. The lowest BCUT2D eigenvalue weighted by atomic mass is 9.91. The van der Waals surface area contributed by atoms with Gasteiger partial charge in [0, 0.05) is 18.3 Å². The average molecular weight is 330 g/mol. The van der Waals surface area contributed by atoms with Gasteiger partial charge in [0.1, 0.15) is 0 Å². The van der Waals surface area contributed by atoms with E-state index in [2.05, 4.69) is 39.5 Å². The lowest BCUT2D eigenvalue weighted by Gasteiger charge is -2.27. The maximum atomic E-state index is 10.6. The van der Waals surface area contributed by atoms with E-state index in [0.29, 0.717) is 17.0 Å². The number of imide groups is 1. The summed E-state index contributed by atoms with van der Waals surface area (Å²) in [6.45, 7) is 13.2. The third-order valence-electron chi connectivity index (χ3n) is 3.65. The summed E-state index contributed by atoms with van der Waals surface area (Å²) in [5.41, 5.74) is 6.02. The molecule has 0 saturated carbocycles. The zero-order valence-corrected chi connectivity index (χ0v) is 14.9. The predicted octanol–water partition coefficient (Wildman–Crippen LogP) is 1.65. The van der Waals surface area contributed by atoms with Crippen LogP contribution in [0.5, 0.6) is 0 Å². The predicted molar refractivity (Wildman–Crippen MR) is 86.0 cm³/mol. The number of ether oxygens (including phenoxy) is 1. The molecule has 2 N–H and O–H groups in total. The number of carbonyl (C=O) groups excluding carboxylic acids is 3. The molecule has 0 aromatic rings. The van der Waals surface area contributed by atoms with Crippen molar-refractivity contribution in [3.8, 4) is 0 Å².